The number of nitrogens with one attached hydrogen (secondary N) is 1. The van der Waals surface area contributed by atoms with Gasteiger partial charge in [-0.05, 0) is 31.2 Å². The number of fused-ring (bicyclic) bond motifs is 1. The van der Waals surface area contributed by atoms with Gasteiger partial charge in [-0.2, -0.15) is 0 Å². The third-order valence-corrected chi connectivity index (χ3v) is 4.53. The van der Waals surface area contributed by atoms with E-state index in [-0.39, 0.29) is 6.54 Å². The average molecular weight is 375 g/mol. The van der Waals surface area contributed by atoms with Crippen LogP contribution < -0.4 is 5.32 Å². The van der Waals surface area contributed by atoms with Crippen molar-refractivity contribution in [2.24, 2.45) is 0 Å². The molecule has 0 radical (unpaired) electrons. The van der Waals surface area contributed by atoms with Gasteiger partial charge in [0, 0.05) is 18.2 Å². The van der Waals surface area contributed by atoms with Gasteiger partial charge in [0.25, 0.3) is 11.8 Å². The predicted molar refractivity (Wildman–Crippen MR) is 102 cm³/mol. The van der Waals surface area contributed by atoms with E-state index in [1.165, 1.54) is 0 Å². The molecule has 0 spiro atoms. The van der Waals surface area contributed by atoms with E-state index in [2.05, 4.69) is 10.3 Å². The van der Waals surface area contributed by atoms with Gasteiger partial charge in [0.2, 0.25) is 5.91 Å². The van der Waals surface area contributed by atoms with E-state index >= 15 is 0 Å². The topological polar surface area (TPSA) is 92.5 Å². The maximum absolute atomic E-state index is 12.3. The van der Waals surface area contributed by atoms with Gasteiger partial charge in [-0.15, -0.1) is 0 Å². The van der Waals surface area contributed by atoms with Gasteiger partial charge in [-0.3, -0.25) is 19.3 Å². The Balaban J connectivity index is 1.44. The molecule has 0 fully saturated rings. The van der Waals surface area contributed by atoms with E-state index in [1.54, 1.807) is 43.3 Å². The quantitative estimate of drug-likeness (QED) is 0.707. The fourth-order valence-electron chi connectivity index (χ4n) is 3.23. The molecule has 3 aromatic rings. The highest BCUT2D eigenvalue weighted by Crippen LogP contribution is 2.25. The molecule has 1 N–H and O–H groups in total. The lowest BCUT2D eigenvalue weighted by atomic mass is 10.1. The molecule has 1 aromatic heterocycles. The summed E-state index contributed by atoms with van der Waals surface area (Å²) in [6.45, 7) is 3.28. The molecule has 0 bridgehead atoms. The summed E-state index contributed by atoms with van der Waals surface area (Å²) in [6, 6.07) is 13.7. The molecule has 0 saturated heterocycles. The van der Waals surface area contributed by atoms with Crippen molar-refractivity contribution in [3.8, 4) is 11.3 Å². The Morgan fingerprint density at radius 1 is 1.00 bits per heavy atom. The van der Waals surface area contributed by atoms with E-state index in [0.29, 0.717) is 22.7 Å². The largest absolute Gasteiger partial charge is 0.446 e. The number of benzene rings is 2. The van der Waals surface area contributed by atoms with Crippen molar-refractivity contribution < 1.29 is 18.8 Å². The lowest BCUT2D eigenvalue weighted by molar-refractivity contribution is -0.116. The molecule has 0 unspecified atom stereocenters. The molecule has 2 heterocycles. The van der Waals surface area contributed by atoms with E-state index in [0.717, 1.165) is 21.9 Å². The Labute approximate surface area is 161 Å². The van der Waals surface area contributed by atoms with Crippen LogP contribution in [0.5, 0.6) is 0 Å². The summed E-state index contributed by atoms with van der Waals surface area (Å²) in [5, 5.41) is 2.71. The molecule has 140 valence electrons. The van der Waals surface area contributed by atoms with Gasteiger partial charge < -0.3 is 9.73 Å². The summed E-state index contributed by atoms with van der Waals surface area (Å²) in [4.78, 5) is 42.3. The minimum absolute atomic E-state index is 0.322. The summed E-state index contributed by atoms with van der Waals surface area (Å²) >= 11 is 0. The number of carbonyl (C=O) groups is 3. The molecule has 1 aliphatic heterocycles. The molecule has 4 rings (SSSR count). The van der Waals surface area contributed by atoms with E-state index in [9.17, 15) is 14.4 Å². The first kappa shape index (κ1) is 17.7. The highest BCUT2D eigenvalue weighted by Gasteiger charge is 2.36. The molecular weight excluding hydrogens is 358 g/mol. The lowest BCUT2D eigenvalue weighted by Gasteiger charge is -2.13. The van der Waals surface area contributed by atoms with Crippen LogP contribution in [0.2, 0.25) is 0 Å². The Morgan fingerprint density at radius 3 is 2.14 bits per heavy atom. The number of rotatable bonds is 4. The zero-order valence-electron chi connectivity index (χ0n) is 15.4. The maximum Gasteiger partial charge on any atom is 0.262 e. The summed E-state index contributed by atoms with van der Waals surface area (Å²) in [5.41, 5.74) is 2.82. The second kappa shape index (κ2) is 6.77. The molecule has 7 heteroatoms. The van der Waals surface area contributed by atoms with Gasteiger partial charge in [0.05, 0.1) is 11.1 Å². The van der Waals surface area contributed by atoms with Crippen molar-refractivity contribution in [3.63, 3.8) is 0 Å². The number of aromatic nitrogens is 1. The van der Waals surface area contributed by atoms with E-state index in [4.69, 9.17) is 4.42 Å². The lowest BCUT2D eigenvalue weighted by Crippen LogP contribution is -2.37. The van der Waals surface area contributed by atoms with Crippen LogP contribution in [-0.4, -0.2) is 34.2 Å². The smallest absolute Gasteiger partial charge is 0.262 e. The number of hydrogen-bond acceptors (Lipinski definition) is 5. The van der Waals surface area contributed by atoms with Crippen LogP contribution in [0.15, 0.2) is 52.9 Å². The van der Waals surface area contributed by atoms with Crippen LogP contribution in [0.4, 0.5) is 5.69 Å². The zero-order valence-corrected chi connectivity index (χ0v) is 15.4. The predicted octanol–water partition coefficient (Wildman–Crippen LogP) is 3.19. The first-order valence-corrected chi connectivity index (χ1v) is 8.73. The summed E-state index contributed by atoms with van der Waals surface area (Å²) in [5.74, 6) is -0.0487. The maximum atomic E-state index is 12.3. The van der Waals surface area contributed by atoms with E-state index < -0.39 is 17.7 Å². The average Bonchev–Trinajstić information content (AvgIpc) is 3.14. The monoisotopic (exact) mass is 375 g/mol. The van der Waals surface area contributed by atoms with Gasteiger partial charge >= 0.3 is 0 Å². The molecule has 0 saturated carbocycles. The van der Waals surface area contributed by atoms with Crippen LogP contribution in [0, 0.1) is 13.8 Å². The van der Waals surface area contributed by atoms with E-state index in [1.807, 2.05) is 19.1 Å². The summed E-state index contributed by atoms with van der Waals surface area (Å²) < 4.78 is 5.43. The van der Waals surface area contributed by atoms with Crippen LogP contribution in [0.3, 0.4) is 0 Å². The number of hydrogen-bond donors (Lipinski definition) is 1. The minimum Gasteiger partial charge on any atom is -0.446 e. The van der Waals surface area contributed by atoms with Crippen LogP contribution in [-0.2, 0) is 4.79 Å². The molecule has 2 aromatic carbocycles. The summed E-state index contributed by atoms with van der Waals surface area (Å²) in [6.07, 6.45) is 0. The van der Waals surface area contributed by atoms with Gasteiger partial charge in [-0.25, -0.2) is 4.98 Å². The molecule has 3 amide bonds. The van der Waals surface area contributed by atoms with Crippen molar-refractivity contribution >= 4 is 23.4 Å². The normalized spacial score (nSPS) is 13.0. The molecule has 7 nitrogen and oxygen atoms in total. The molecule has 0 atom stereocenters. The second-order valence-electron chi connectivity index (χ2n) is 6.51. The number of anilines is 1. The SMILES string of the molecule is Cc1nc(-c2ccc(NC(=O)CN3C(=O)c4ccccc4C3=O)cc2)c(C)o1. The van der Waals surface area contributed by atoms with Crippen LogP contribution >= 0.6 is 0 Å². The van der Waals surface area contributed by atoms with Crippen LogP contribution in [0.1, 0.15) is 32.4 Å². The molecule has 28 heavy (non-hydrogen) atoms. The number of imide groups is 1. The van der Waals surface area contributed by atoms with Gasteiger partial charge in [-0.1, -0.05) is 24.3 Å². The third-order valence-electron chi connectivity index (χ3n) is 4.53. The van der Waals surface area contributed by atoms with Crippen molar-refractivity contribution in [1.82, 2.24) is 9.88 Å². The fourth-order valence-corrected chi connectivity index (χ4v) is 3.23. The Morgan fingerprint density at radius 2 is 1.61 bits per heavy atom. The van der Waals surface area contributed by atoms with Gasteiger partial charge in [0.1, 0.15) is 18.0 Å². The highest BCUT2D eigenvalue weighted by atomic mass is 16.4. The fraction of sp³-hybridized carbons (Fsp3) is 0.143. The third kappa shape index (κ3) is 3.07. The van der Waals surface area contributed by atoms with Crippen molar-refractivity contribution in [2.45, 2.75) is 13.8 Å². The molecule has 0 aliphatic carbocycles. The number of oxazole rings is 1. The second-order valence-corrected chi connectivity index (χ2v) is 6.51. The van der Waals surface area contributed by atoms with Crippen LogP contribution in [0.25, 0.3) is 11.3 Å². The Bertz CT molecular complexity index is 1060. The summed E-state index contributed by atoms with van der Waals surface area (Å²) in [7, 11) is 0. The van der Waals surface area contributed by atoms with Gasteiger partial charge in [0.15, 0.2) is 5.89 Å². The zero-order chi connectivity index (χ0) is 19.8. The number of nitrogens with zero attached hydrogens (tertiary/aromatic N) is 2. The standard InChI is InChI=1S/C21H17N3O4/c1-12-19(22-13(2)28-12)14-7-9-15(10-8-14)23-18(25)11-24-20(26)16-5-3-4-6-17(16)21(24)27/h3-10H,11H2,1-2H3,(H,23,25). The molecular formula is C21H17N3O4. The minimum atomic E-state index is -0.456. The number of carbonyl (C=O) groups excluding carboxylic acids is 3. The van der Waals surface area contributed by atoms with Crippen molar-refractivity contribution in [3.05, 3.63) is 71.3 Å². The first-order valence-electron chi connectivity index (χ1n) is 8.73. The van der Waals surface area contributed by atoms with Crippen molar-refractivity contribution in [2.75, 3.05) is 11.9 Å². The number of amides is 3. The number of aryl methyl sites for hydroxylation is 2. The van der Waals surface area contributed by atoms with Crippen molar-refractivity contribution in [1.29, 1.82) is 0 Å². The Kier molecular flexibility index (Phi) is 4.27. The molecule has 1 aliphatic rings. The Hall–Kier alpha value is -3.74. The highest BCUT2D eigenvalue weighted by molar-refractivity contribution is 6.22. The first-order chi connectivity index (χ1) is 13.4.